The van der Waals surface area contributed by atoms with Crippen LogP contribution in [-0.4, -0.2) is 31.8 Å². The molecular weight excluding hydrogens is 276 g/mol. The number of alkyl halides is 3. The molecule has 0 unspecified atom stereocenters. The summed E-state index contributed by atoms with van der Waals surface area (Å²) in [6.45, 7) is 4.61. The van der Waals surface area contributed by atoms with Gasteiger partial charge in [-0.2, -0.15) is 21.6 Å². The largest absolute Gasteiger partial charge is 0.522 e. The summed E-state index contributed by atoms with van der Waals surface area (Å²) in [6, 6.07) is 10.7. The second-order valence-electron chi connectivity index (χ2n) is 3.29. The van der Waals surface area contributed by atoms with E-state index in [0.29, 0.717) is 0 Å². The Morgan fingerprint density at radius 2 is 1.47 bits per heavy atom. The zero-order chi connectivity index (χ0) is 13.7. The molecule has 0 saturated heterocycles. The molecule has 0 radical (unpaired) electrons. The fourth-order valence-electron chi connectivity index (χ4n) is 0.771. The molecule has 0 spiro atoms. The summed E-state index contributed by atoms with van der Waals surface area (Å²) < 4.78 is 57.5. The minimum atomic E-state index is -5.84. The van der Waals surface area contributed by atoms with Gasteiger partial charge in [-0.25, -0.2) is 0 Å². The summed E-state index contributed by atoms with van der Waals surface area (Å²) in [7, 11) is -6.05. The first-order valence-corrected chi connectivity index (χ1v) is 8.39. The molecule has 0 fully saturated rings. The normalized spacial score (nSPS) is 11.9. The average molecular weight is 289 g/mol. The first-order valence-electron chi connectivity index (χ1n) is 4.45. The lowest BCUT2D eigenvalue weighted by molar-refractivity contribution is -0.0510. The lowest BCUT2D eigenvalue weighted by Gasteiger charge is -1.97. The van der Waals surface area contributed by atoms with Gasteiger partial charge in [0.1, 0.15) is 0 Å². The monoisotopic (exact) mass is 289 g/mol. The van der Waals surface area contributed by atoms with Crippen LogP contribution >= 0.6 is 7.92 Å². The number of hydrogen-bond donors (Lipinski definition) is 1. The molecule has 1 N–H and O–H groups in total. The molecule has 17 heavy (non-hydrogen) atoms. The molecule has 0 aliphatic carbocycles. The Morgan fingerprint density at radius 3 is 1.65 bits per heavy atom. The highest BCUT2D eigenvalue weighted by Crippen LogP contribution is 2.22. The molecule has 1 aromatic carbocycles. The van der Waals surface area contributed by atoms with Gasteiger partial charge in [-0.15, -0.1) is 0 Å². The van der Waals surface area contributed by atoms with Gasteiger partial charge >= 0.3 is 15.6 Å². The quantitative estimate of drug-likeness (QED) is 0.490. The lowest BCUT2D eigenvalue weighted by Crippen LogP contribution is -2.21. The Balaban J connectivity index is 0.000000304. The van der Waals surface area contributed by atoms with Gasteiger partial charge in [-0.05, 0) is 12.1 Å². The molecule has 0 saturated carbocycles. The second-order valence-corrected chi connectivity index (χ2v) is 7.28. The van der Waals surface area contributed by atoms with Crippen molar-refractivity contribution in [3.05, 3.63) is 30.3 Å². The highest BCUT2D eigenvalue weighted by atomic mass is 32.2. The van der Waals surface area contributed by atoms with Gasteiger partial charge in [0, 0.05) is 7.92 Å². The van der Waals surface area contributed by atoms with E-state index in [1.54, 1.807) is 0 Å². The molecule has 0 amide bonds. The predicted octanol–water partition coefficient (Wildman–Crippen LogP) is 2.18. The summed E-state index contributed by atoms with van der Waals surface area (Å²) in [6.07, 6.45) is 0. The smallest absolute Gasteiger partial charge is 0.279 e. The van der Waals surface area contributed by atoms with Crippen LogP contribution in [0.1, 0.15) is 0 Å². The van der Waals surface area contributed by atoms with Crippen LogP contribution < -0.4 is 5.30 Å². The minimum Gasteiger partial charge on any atom is -0.279 e. The first kappa shape index (κ1) is 16.4. The van der Waals surface area contributed by atoms with Crippen LogP contribution in [0, 0.1) is 0 Å². The Labute approximate surface area is 99.2 Å². The standard InChI is InChI=1S/C8H11P.CHF3O3S/c1-9(2)8-6-4-3-5-7-8;2-1(3,4)8(5,6)7/h3-7H,1-2H3;(H,5,6,7)/p+1. The molecule has 0 aromatic heterocycles. The van der Waals surface area contributed by atoms with Crippen LogP contribution in [0.15, 0.2) is 30.3 Å². The third-order valence-corrected chi connectivity index (χ3v) is 3.72. The third kappa shape index (κ3) is 6.61. The maximum Gasteiger partial charge on any atom is 0.522 e. The Bertz CT molecular complexity index is 429. The maximum absolute atomic E-state index is 10.7. The molecule has 1 rings (SSSR count). The van der Waals surface area contributed by atoms with E-state index in [2.05, 4.69) is 43.7 Å². The number of benzene rings is 1. The van der Waals surface area contributed by atoms with Gasteiger partial charge in [0.05, 0.1) is 18.6 Å². The number of rotatable bonds is 1. The molecule has 0 bridgehead atoms. The summed E-state index contributed by atoms with van der Waals surface area (Å²) >= 11 is 0. The molecule has 1 aromatic rings. The van der Waals surface area contributed by atoms with E-state index in [9.17, 15) is 13.2 Å². The molecule has 0 aliphatic heterocycles. The van der Waals surface area contributed by atoms with Gasteiger partial charge in [0.15, 0.2) is 0 Å². The summed E-state index contributed by atoms with van der Waals surface area (Å²) in [5, 5.41) is 1.52. The number of halogens is 3. The first-order chi connectivity index (χ1) is 7.55. The predicted molar refractivity (Wildman–Crippen MR) is 63.8 cm³/mol. The summed E-state index contributed by atoms with van der Waals surface area (Å²) in [4.78, 5) is 0. The van der Waals surface area contributed by atoms with E-state index in [1.165, 1.54) is 5.30 Å². The zero-order valence-corrected chi connectivity index (χ0v) is 11.0. The SMILES string of the molecule is C[PH+](C)c1ccccc1.O=S(=O)(O)C(F)(F)F. The van der Waals surface area contributed by atoms with Gasteiger partial charge in [-0.1, -0.05) is 18.2 Å². The van der Waals surface area contributed by atoms with Gasteiger partial charge in [0.2, 0.25) is 0 Å². The lowest BCUT2D eigenvalue weighted by atomic mass is 10.4. The maximum atomic E-state index is 10.7. The van der Waals surface area contributed by atoms with Gasteiger partial charge in [0.25, 0.3) is 0 Å². The molecule has 0 heterocycles. The van der Waals surface area contributed by atoms with E-state index >= 15 is 0 Å². The van der Waals surface area contributed by atoms with E-state index in [4.69, 9.17) is 13.0 Å². The third-order valence-electron chi connectivity index (χ3n) is 1.64. The van der Waals surface area contributed by atoms with Crippen molar-refractivity contribution in [1.29, 1.82) is 0 Å². The summed E-state index contributed by atoms with van der Waals surface area (Å²) in [5.74, 6) is 0. The van der Waals surface area contributed by atoms with Crippen molar-refractivity contribution in [2.75, 3.05) is 13.3 Å². The van der Waals surface area contributed by atoms with Crippen molar-refractivity contribution >= 4 is 23.3 Å². The van der Waals surface area contributed by atoms with Crippen molar-refractivity contribution in [3.8, 4) is 0 Å². The fraction of sp³-hybridized carbons (Fsp3) is 0.333. The zero-order valence-electron chi connectivity index (χ0n) is 9.19. The minimum absolute atomic E-state index is 0.212. The summed E-state index contributed by atoms with van der Waals surface area (Å²) in [5.41, 5.74) is -5.53. The second kappa shape index (κ2) is 6.33. The van der Waals surface area contributed by atoms with Crippen molar-refractivity contribution in [2.45, 2.75) is 5.51 Å². The van der Waals surface area contributed by atoms with Gasteiger partial charge in [-0.3, -0.25) is 4.55 Å². The molecular formula is C9H13F3O3PS+. The Kier molecular flexibility index (Phi) is 6.09. The molecule has 0 atom stereocenters. The van der Waals surface area contributed by atoms with E-state index in [-0.39, 0.29) is 7.92 Å². The molecule has 8 heteroatoms. The fourth-order valence-corrected chi connectivity index (χ4v) is 1.63. The molecule has 3 nitrogen and oxygen atoms in total. The van der Waals surface area contributed by atoms with Crippen LogP contribution in [0.5, 0.6) is 0 Å². The Hall–Kier alpha value is -0.650. The number of hydrogen-bond acceptors (Lipinski definition) is 2. The van der Waals surface area contributed by atoms with Crippen LogP contribution in [0.2, 0.25) is 0 Å². The van der Waals surface area contributed by atoms with Crippen molar-refractivity contribution in [2.24, 2.45) is 0 Å². The van der Waals surface area contributed by atoms with Crippen molar-refractivity contribution in [3.63, 3.8) is 0 Å². The van der Waals surface area contributed by atoms with E-state index < -0.39 is 15.6 Å². The highest BCUT2D eigenvalue weighted by Gasteiger charge is 2.44. The van der Waals surface area contributed by atoms with Crippen LogP contribution in [0.4, 0.5) is 13.2 Å². The van der Waals surface area contributed by atoms with Crippen molar-refractivity contribution < 1.29 is 26.1 Å². The van der Waals surface area contributed by atoms with Crippen LogP contribution in [-0.2, 0) is 10.1 Å². The average Bonchev–Trinajstić information content (AvgIpc) is 2.17. The van der Waals surface area contributed by atoms with E-state index in [0.717, 1.165) is 0 Å². The van der Waals surface area contributed by atoms with Crippen LogP contribution in [0.3, 0.4) is 0 Å². The van der Waals surface area contributed by atoms with Crippen molar-refractivity contribution in [1.82, 2.24) is 0 Å². The van der Waals surface area contributed by atoms with E-state index in [1.807, 2.05) is 0 Å². The van der Waals surface area contributed by atoms with Crippen LogP contribution in [0.25, 0.3) is 0 Å². The Morgan fingerprint density at radius 1 is 1.12 bits per heavy atom. The molecule has 98 valence electrons. The highest BCUT2D eigenvalue weighted by molar-refractivity contribution is 7.86. The molecule has 0 aliphatic rings. The topological polar surface area (TPSA) is 54.4 Å². The van der Waals surface area contributed by atoms with Gasteiger partial charge < -0.3 is 0 Å².